The number of aromatic carboxylic acids is 1. The van der Waals surface area contributed by atoms with E-state index in [0.717, 1.165) is 0 Å². The fourth-order valence-electron chi connectivity index (χ4n) is 1.00. The largest absolute Gasteiger partial charge is 0.478 e. The van der Waals surface area contributed by atoms with Gasteiger partial charge in [-0.1, -0.05) is 0 Å². The molecule has 0 amide bonds. The van der Waals surface area contributed by atoms with Crippen LogP contribution in [0.1, 0.15) is 15.9 Å². The van der Waals surface area contributed by atoms with E-state index in [1.54, 1.807) is 0 Å². The summed E-state index contributed by atoms with van der Waals surface area (Å²) >= 11 is 4.66. The normalized spacial score (nSPS) is 11.2. The Morgan fingerprint density at radius 2 is 2.00 bits per heavy atom. The Hall–Kier alpha value is -1.76. The van der Waals surface area contributed by atoms with Gasteiger partial charge in [0.05, 0.1) is 10.5 Å². The van der Waals surface area contributed by atoms with Crippen LogP contribution < -0.4 is 0 Å². The number of alkyl halides is 3. The molecule has 0 saturated heterocycles. The number of rotatable bonds is 3. The van der Waals surface area contributed by atoms with Crippen LogP contribution in [0.15, 0.2) is 18.2 Å². The SMILES string of the molecule is O=C(O)c1cc([N+](=O)[O-])cc(C(F)(F)Cl)c1. The average Bonchev–Trinajstić information content (AvgIpc) is 2.15. The summed E-state index contributed by atoms with van der Waals surface area (Å²) in [4.78, 5) is 20.0. The third kappa shape index (κ3) is 2.63. The second-order valence-electron chi connectivity index (χ2n) is 2.83. The van der Waals surface area contributed by atoms with Gasteiger partial charge < -0.3 is 5.11 Å². The molecule has 0 unspecified atom stereocenters. The fourth-order valence-corrected chi connectivity index (χ4v) is 1.11. The van der Waals surface area contributed by atoms with Crippen molar-refractivity contribution < 1.29 is 23.6 Å². The zero-order valence-corrected chi connectivity index (χ0v) is 8.24. The molecule has 0 heterocycles. The minimum Gasteiger partial charge on any atom is -0.478 e. The summed E-state index contributed by atoms with van der Waals surface area (Å²) in [7, 11) is 0. The molecule has 1 aromatic rings. The van der Waals surface area contributed by atoms with Gasteiger partial charge in [-0.3, -0.25) is 10.1 Å². The van der Waals surface area contributed by atoms with Crippen LogP contribution in [-0.4, -0.2) is 16.0 Å². The Balaban J connectivity index is 3.42. The number of carboxylic acid groups (broad SMARTS) is 1. The average molecular weight is 252 g/mol. The zero-order chi connectivity index (χ0) is 12.5. The van der Waals surface area contributed by atoms with E-state index in [0.29, 0.717) is 18.2 Å². The first-order valence-corrected chi connectivity index (χ1v) is 4.19. The Labute approximate surface area is 92.4 Å². The Morgan fingerprint density at radius 3 is 2.38 bits per heavy atom. The molecule has 5 nitrogen and oxygen atoms in total. The first kappa shape index (κ1) is 12.3. The molecule has 1 aromatic carbocycles. The standard InChI is InChI=1S/C8H4ClF2NO4/c9-8(10,11)5-1-4(7(13)14)2-6(3-5)12(15)16/h1-3H,(H,13,14). The fraction of sp³-hybridized carbons (Fsp3) is 0.125. The number of halogens is 3. The zero-order valence-electron chi connectivity index (χ0n) is 7.49. The lowest BCUT2D eigenvalue weighted by Gasteiger charge is -2.08. The number of non-ortho nitro benzene ring substituents is 1. The van der Waals surface area contributed by atoms with Crippen molar-refractivity contribution in [2.24, 2.45) is 0 Å². The molecule has 0 atom stereocenters. The van der Waals surface area contributed by atoms with Gasteiger partial charge in [-0.25, -0.2) is 4.79 Å². The Morgan fingerprint density at radius 1 is 1.44 bits per heavy atom. The van der Waals surface area contributed by atoms with Crippen LogP contribution in [0.3, 0.4) is 0 Å². The summed E-state index contributed by atoms with van der Waals surface area (Å²) in [5.74, 6) is -1.55. The molecular weight excluding hydrogens is 248 g/mol. The van der Waals surface area contributed by atoms with Gasteiger partial charge in [0, 0.05) is 17.7 Å². The van der Waals surface area contributed by atoms with Crippen LogP contribution in [-0.2, 0) is 5.38 Å². The topological polar surface area (TPSA) is 80.4 Å². The maximum absolute atomic E-state index is 12.7. The van der Waals surface area contributed by atoms with Crippen molar-refractivity contribution in [3.05, 3.63) is 39.4 Å². The Kier molecular flexibility index (Phi) is 3.09. The molecule has 0 aliphatic heterocycles. The van der Waals surface area contributed by atoms with Gasteiger partial charge >= 0.3 is 11.4 Å². The molecule has 0 aliphatic rings. The molecule has 16 heavy (non-hydrogen) atoms. The number of hydrogen-bond acceptors (Lipinski definition) is 3. The third-order valence-electron chi connectivity index (χ3n) is 1.70. The van der Waals surface area contributed by atoms with Gasteiger partial charge in [0.2, 0.25) is 0 Å². The number of nitro groups is 1. The highest BCUT2D eigenvalue weighted by molar-refractivity contribution is 6.21. The van der Waals surface area contributed by atoms with Gasteiger partial charge in [-0.15, -0.1) is 0 Å². The second-order valence-corrected chi connectivity index (χ2v) is 3.30. The number of carbonyl (C=O) groups is 1. The highest BCUT2D eigenvalue weighted by atomic mass is 35.5. The van der Waals surface area contributed by atoms with Crippen LogP contribution in [0.5, 0.6) is 0 Å². The summed E-state index contributed by atoms with van der Waals surface area (Å²) in [6.07, 6.45) is 0. The van der Waals surface area contributed by atoms with Gasteiger partial charge in [-0.2, -0.15) is 8.78 Å². The first-order chi connectivity index (χ1) is 7.21. The van der Waals surface area contributed by atoms with Crippen molar-refractivity contribution in [3.8, 4) is 0 Å². The Bertz CT molecular complexity index is 426. The van der Waals surface area contributed by atoms with E-state index in [-0.39, 0.29) is 0 Å². The van der Waals surface area contributed by atoms with Crippen LogP contribution in [0.2, 0.25) is 0 Å². The number of carboxylic acids is 1. The molecule has 0 spiro atoms. The molecule has 0 aliphatic carbocycles. The molecule has 0 fully saturated rings. The monoisotopic (exact) mass is 251 g/mol. The maximum Gasteiger partial charge on any atom is 0.348 e. The van der Waals surface area contributed by atoms with Crippen LogP contribution in [0.25, 0.3) is 0 Å². The molecule has 1 rings (SSSR count). The molecule has 0 radical (unpaired) electrons. The molecule has 0 aromatic heterocycles. The van der Waals surface area contributed by atoms with Crippen molar-refractivity contribution in [1.29, 1.82) is 0 Å². The van der Waals surface area contributed by atoms with Crippen molar-refractivity contribution >= 4 is 23.3 Å². The summed E-state index contributed by atoms with van der Waals surface area (Å²) in [6, 6.07) is 1.79. The van der Waals surface area contributed by atoms with Crippen LogP contribution in [0, 0.1) is 10.1 Å². The summed E-state index contributed by atoms with van der Waals surface area (Å²) in [5, 5.41) is 15.1. The molecular formula is C8H4ClF2NO4. The van der Waals surface area contributed by atoms with E-state index >= 15 is 0 Å². The van der Waals surface area contributed by atoms with E-state index in [1.165, 1.54) is 0 Å². The molecule has 1 N–H and O–H groups in total. The number of benzene rings is 1. The minimum absolute atomic E-state index is 0.527. The van der Waals surface area contributed by atoms with Gasteiger partial charge in [0.15, 0.2) is 0 Å². The first-order valence-electron chi connectivity index (χ1n) is 3.82. The molecule has 8 heteroatoms. The minimum atomic E-state index is -3.85. The summed E-state index contributed by atoms with van der Waals surface area (Å²) in [5.41, 5.74) is -2.31. The maximum atomic E-state index is 12.7. The number of nitrogens with zero attached hydrogens (tertiary/aromatic N) is 1. The summed E-state index contributed by atoms with van der Waals surface area (Å²) in [6.45, 7) is 0. The van der Waals surface area contributed by atoms with Gasteiger partial charge in [0.25, 0.3) is 5.69 Å². The second kappa shape index (κ2) is 4.01. The predicted octanol–water partition coefficient (Wildman–Crippen LogP) is 2.58. The van der Waals surface area contributed by atoms with Crippen LogP contribution >= 0.6 is 11.6 Å². The molecule has 0 bridgehead atoms. The van der Waals surface area contributed by atoms with Crippen molar-refractivity contribution in [1.82, 2.24) is 0 Å². The van der Waals surface area contributed by atoms with Crippen LogP contribution in [0.4, 0.5) is 14.5 Å². The lowest BCUT2D eigenvalue weighted by molar-refractivity contribution is -0.385. The molecule has 86 valence electrons. The van der Waals surface area contributed by atoms with Crippen molar-refractivity contribution in [2.75, 3.05) is 0 Å². The van der Waals surface area contributed by atoms with E-state index in [1.807, 2.05) is 0 Å². The van der Waals surface area contributed by atoms with E-state index in [9.17, 15) is 23.7 Å². The summed E-state index contributed by atoms with van der Waals surface area (Å²) < 4.78 is 25.4. The van der Waals surface area contributed by atoms with Gasteiger partial charge in [0.1, 0.15) is 0 Å². The van der Waals surface area contributed by atoms with E-state index < -0.39 is 33.1 Å². The van der Waals surface area contributed by atoms with E-state index in [4.69, 9.17) is 5.11 Å². The smallest absolute Gasteiger partial charge is 0.348 e. The van der Waals surface area contributed by atoms with E-state index in [2.05, 4.69) is 11.6 Å². The predicted molar refractivity (Wildman–Crippen MR) is 49.8 cm³/mol. The lowest BCUT2D eigenvalue weighted by atomic mass is 10.1. The van der Waals surface area contributed by atoms with Gasteiger partial charge in [-0.05, 0) is 17.7 Å². The third-order valence-corrected chi connectivity index (χ3v) is 1.92. The highest BCUT2D eigenvalue weighted by Gasteiger charge is 2.31. The lowest BCUT2D eigenvalue weighted by Crippen LogP contribution is -2.07. The molecule has 0 saturated carbocycles. The quantitative estimate of drug-likeness (QED) is 0.509. The van der Waals surface area contributed by atoms with Crippen molar-refractivity contribution in [3.63, 3.8) is 0 Å². The van der Waals surface area contributed by atoms with Crippen molar-refractivity contribution in [2.45, 2.75) is 5.38 Å². The number of hydrogen-bond donors (Lipinski definition) is 1. The number of nitro benzene ring substituents is 1. The highest BCUT2D eigenvalue weighted by Crippen LogP contribution is 2.34.